The van der Waals surface area contributed by atoms with Gasteiger partial charge in [0, 0.05) is 17.0 Å². The van der Waals surface area contributed by atoms with Crippen molar-refractivity contribution in [3.05, 3.63) is 28.2 Å². The number of nitrogens with one attached hydrogen (secondary N) is 1. The zero-order chi connectivity index (χ0) is 14.8. The normalized spacial score (nSPS) is 17.4. The molecule has 4 nitrogen and oxygen atoms in total. The zero-order valence-electron chi connectivity index (χ0n) is 11.2. The first-order valence-electron chi connectivity index (χ1n) is 6.46. The summed E-state index contributed by atoms with van der Waals surface area (Å²) in [4.78, 5) is 11.9. The lowest BCUT2D eigenvalue weighted by Crippen LogP contribution is -2.40. The van der Waals surface area contributed by atoms with Crippen LogP contribution < -0.4 is 10.1 Å². The van der Waals surface area contributed by atoms with E-state index in [-0.39, 0.29) is 17.9 Å². The summed E-state index contributed by atoms with van der Waals surface area (Å²) in [5.41, 5.74) is -0.118. The minimum Gasteiger partial charge on any atom is -0.479 e. The van der Waals surface area contributed by atoms with E-state index in [1.165, 1.54) is 0 Å². The number of aliphatic hydroxyl groups excluding tert-OH is 1. The number of carbonyl (C=O) groups excluding carboxylic acids is 1. The average molecular weight is 318 g/mol. The molecule has 1 atom stereocenters. The molecular formula is C14H17Cl2NO3. The molecule has 2 N–H and O–H groups in total. The van der Waals surface area contributed by atoms with Gasteiger partial charge in [-0.1, -0.05) is 23.2 Å². The molecule has 6 heteroatoms. The van der Waals surface area contributed by atoms with Gasteiger partial charge >= 0.3 is 0 Å². The average Bonchev–Trinajstić information content (AvgIpc) is 3.20. The third-order valence-corrected chi connectivity index (χ3v) is 4.03. The smallest absolute Gasteiger partial charge is 0.260 e. The molecule has 1 aromatic carbocycles. The molecule has 20 heavy (non-hydrogen) atoms. The largest absolute Gasteiger partial charge is 0.479 e. The van der Waals surface area contributed by atoms with Crippen LogP contribution in [-0.4, -0.2) is 30.3 Å². The van der Waals surface area contributed by atoms with Crippen LogP contribution in [0.3, 0.4) is 0 Å². The fraction of sp³-hybridized carbons (Fsp3) is 0.500. The maximum absolute atomic E-state index is 11.9. The Labute approximate surface area is 128 Å². The van der Waals surface area contributed by atoms with Crippen molar-refractivity contribution < 1.29 is 14.6 Å². The summed E-state index contributed by atoms with van der Waals surface area (Å²) >= 11 is 11.8. The minimum absolute atomic E-state index is 0.103. The molecule has 0 aliphatic heterocycles. The van der Waals surface area contributed by atoms with Gasteiger partial charge in [-0.2, -0.15) is 0 Å². The van der Waals surface area contributed by atoms with Crippen LogP contribution in [0.5, 0.6) is 5.75 Å². The van der Waals surface area contributed by atoms with Gasteiger partial charge in [0.2, 0.25) is 0 Å². The van der Waals surface area contributed by atoms with Crippen molar-refractivity contribution in [1.82, 2.24) is 5.32 Å². The molecule has 110 valence electrons. The van der Waals surface area contributed by atoms with Gasteiger partial charge in [0.15, 0.2) is 6.10 Å². The molecule has 1 aromatic rings. The fourth-order valence-electron chi connectivity index (χ4n) is 1.80. The Balaban J connectivity index is 1.87. The first-order valence-corrected chi connectivity index (χ1v) is 7.22. The number of hydrogen-bond acceptors (Lipinski definition) is 3. The monoisotopic (exact) mass is 317 g/mol. The van der Waals surface area contributed by atoms with E-state index < -0.39 is 6.10 Å². The molecule has 1 aliphatic rings. The number of aliphatic hydroxyl groups is 1. The van der Waals surface area contributed by atoms with Gasteiger partial charge < -0.3 is 15.2 Å². The second-order valence-corrected chi connectivity index (χ2v) is 6.05. The van der Waals surface area contributed by atoms with Crippen molar-refractivity contribution >= 4 is 29.1 Å². The molecule has 0 heterocycles. The van der Waals surface area contributed by atoms with Crippen LogP contribution in [0.1, 0.15) is 19.8 Å². The van der Waals surface area contributed by atoms with Crippen molar-refractivity contribution in [2.24, 2.45) is 5.41 Å². The van der Waals surface area contributed by atoms with Gasteiger partial charge in [0.25, 0.3) is 5.91 Å². The van der Waals surface area contributed by atoms with Gasteiger partial charge in [-0.05, 0) is 38.0 Å². The maximum Gasteiger partial charge on any atom is 0.260 e. The molecule has 0 saturated heterocycles. The number of carbonyl (C=O) groups is 1. The summed E-state index contributed by atoms with van der Waals surface area (Å²) in [6.45, 7) is 2.23. The van der Waals surface area contributed by atoms with Crippen LogP contribution in [0.2, 0.25) is 10.0 Å². The molecular weight excluding hydrogens is 301 g/mol. The molecule has 1 amide bonds. The first-order chi connectivity index (χ1) is 9.46. The van der Waals surface area contributed by atoms with E-state index in [0.717, 1.165) is 12.8 Å². The lowest BCUT2D eigenvalue weighted by molar-refractivity contribution is -0.127. The summed E-state index contributed by atoms with van der Waals surface area (Å²) in [6.07, 6.45) is 1.23. The Hall–Kier alpha value is -0.970. The van der Waals surface area contributed by atoms with Crippen molar-refractivity contribution in [2.45, 2.75) is 25.9 Å². The first kappa shape index (κ1) is 15.4. The molecule has 1 fully saturated rings. The van der Waals surface area contributed by atoms with E-state index in [1.807, 2.05) is 0 Å². The van der Waals surface area contributed by atoms with E-state index in [0.29, 0.717) is 22.3 Å². The van der Waals surface area contributed by atoms with Gasteiger partial charge in [-0.3, -0.25) is 4.79 Å². The number of benzene rings is 1. The predicted octanol–water partition coefficient (Wildman–Crippen LogP) is 2.65. The Morgan fingerprint density at radius 1 is 1.50 bits per heavy atom. The van der Waals surface area contributed by atoms with Crippen LogP contribution in [0.4, 0.5) is 0 Å². The quantitative estimate of drug-likeness (QED) is 0.848. The molecule has 0 aromatic heterocycles. The van der Waals surface area contributed by atoms with Crippen molar-refractivity contribution in [1.29, 1.82) is 0 Å². The van der Waals surface area contributed by atoms with Crippen molar-refractivity contribution in [2.75, 3.05) is 13.2 Å². The standard InChI is InChI=1S/C14H17Cl2NO3/c1-9(13(19)17-7-14(8-18)4-5-14)20-12-3-2-10(15)6-11(12)16/h2-3,6,9,18H,4-5,7-8H2,1H3,(H,17,19). The molecule has 2 rings (SSSR count). The number of hydrogen-bond donors (Lipinski definition) is 2. The second kappa shape index (κ2) is 6.20. The zero-order valence-corrected chi connectivity index (χ0v) is 12.7. The highest BCUT2D eigenvalue weighted by atomic mass is 35.5. The Bertz CT molecular complexity index is 503. The number of rotatable bonds is 6. The van der Waals surface area contributed by atoms with Crippen LogP contribution >= 0.6 is 23.2 Å². The van der Waals surface area contributed by atoms with Crippen molar-refractivity contribution in [3.63, 3.8) is 0 Å². The van der Waals surface area contributed by atoms with Crippen molar-refractivity contribution in [3.8, 4) is 5.75 Å². The lowest BCUT2D eigenvalue weighted by atomic mass is 10.1. The van der Waals surface area contributed by atoms with Gasteiger partial charge in [0.05, 0.1) is 11.6 Å². The summed E-state index contributed by atoms with van der Waals surface area (Å²) in [6, 6.07) is 4.84. The maximum atomic E-state index is 11.9. The van der Waals surface area contributed by atoms with Gasteiger partial charge in [-0.15, -0.1) is 0 Å². The minimum atomic E-state index is -0.664. The second-order valence-electron chi connectivity index (χ2n) is 5.21. The summed E-state index contributed by atoms with van der Waals surface area (Å²) in [5.74, 6) is 0.192. The lowest BCUT2D eigenvalue weighted by Gasteiger charge is -2.18. The van der Waals surface area contributed by atoms with Crippen LogP contribution in [0, 0.1) is 5.41 Å². The Morgan fingerprint density at radius 3 is 2.75 bits per heavy atom. The highest BCUT2D eigenvalue weighted by Gasteiger charge is 2.42. The molecule has 0 spiro atoms. The molecule has 0 radical (unpaired) electrons. The molecule has 1 unspecified atom stereocenters. The van der Waals surface area contributed by atoms with E-state index in [4.69, 9.17) is 27.9 Å². The number of amides is 1. The molecule has 1 aliphatic carbocycles. The van der Waals surface area contributed by atoms with Crippen LogP contribution in [0.15, 0.2) is 18.2 Å². The Kier molecular flexibility index (Phi) is 4.78. The molecule has 0 bridgehead atoms. The molecule has 1 saturated carbocycles. The number of ether oxygens (including phenoxy) is 1. The third kappa shape index (κ3) is 3.78. The summed E-state index contributed by atoms with van der Waals surface area (Å²) in [5, 5.41) is 12.9. The topological polar surface area (TPSA) is 58.6 Å². The summed E-state index contributed by atoms with van der Waals surface area (Å²) in [7, 11) is 0. The van der Waals surface area contributed by atoms with E-state index in [9.17, 15) is 9.90 Å². The predicted molar refractivity (Wildman–Crippen MR) is 78.3 cm³/mol. The van der Waals surface area contributed by atoms with E-state index >= 15 is 0 Å². The van der Waals surface area contributed by atoms with E-state index in [2.05, 4.69) is 5.32 Å². The fourth-order valence-corrected chi connectivity index (χ4v) is 2.25. The summed E-state index contributed by atoms with van der Waals surface area (Å²) < 4.78 is 5.52. The van der Waals surface area contributed by atoms with Gasteiger partial charge in [0.1, 0.15) is 5.75 Å². The SMILES string of the molecule is CC(Oc1ccc(Cl)cc1Cl)C(=O)NCC1(CO)CC1. The van der Waals surface area contributed by atoms with Gasteiger partial charge in [-0.25, -0.2) is 0 Å². The van der Waals surface area contributed by atoms with Crippen LogP contribution in [0.25, 0.3) is 0 Å². The highest BCUT2D eigenvalue weighted by Crippen LogP contribution is 2.44. The number of halogens is 2. The van der Waals surface area contributed by atoms with Crippen LogP contribution in [-0.2, 0) is 4.79 Å². The van der Waals surface area contributed by atoms with E-state index in [1.54, 1.807) is 25.1 Å². The third-order valence-electron chi connectivity index (χ3n) is 3.50. The Morgan fingerprint density at radius 2 is 2.20 bits per heavy atom. The highest BCUT2D eigenvalue weighted by molar-refractivity contribution is 6.35.